The Balaban J connectivity index is 3.05. The molecule has 0 saturated carbocycles. The van der Waals surface area contributed by atoms with Gasteiger partial charge in [0.25, 0.3) is 0 Å². The molecule has 0 rings (SSSR count). The van der Waals surface area contributed by atoms with E-state index < -0.39 is 5.97 Å². The van der Waals surface area contributed by atoms with Crippen LogP contribution in [0, 0.1) is 6.08 Å². The minimum absolute atomic E-state index is 0.0694. The van der Waals surface area contributed by atoms with Crippen LogP contribution in [-0.2, 0) is 4.79 Å². The van der Waals surface area contributed by atoms with Crippen molar-refractivity contribution in [3.05, 3.63) is 12.7 Å². The van der Waals surface area contributed by atoms with E-state index in [-0.39, 0.29) is 6.42 Å². The summed E-state index contributed by atoms with van der Waals surface area (Å²) in [5, 5.41) is 7.81. The third-order valence-electron chi connectivity index (χ3n) is 0.276. The highest BCUT2D eigenvalue weighted by atomic mass is 16.4. The first-order valence-electron chi connectivity index (χ1n) is 1.49. The monoisotopic (exact) mass is 85.0 g/mol. The number of carbonyl (C=O) groups is 1. The van der Waals surface area contributed by atoms with Gasteiger partial charge in [0.2, 0.25) is 0 Å². The molecule has 1 N–H and O–H groups in total. The Morgan fingerprint density at radius 1 is 2.00 bits per heavy atom. The molecular formula is C4H5O2. The molecule has 0 aliphatic heterocycles. The Labute approximate surface area is 36.1 Å². The van der Waals surface area contributed by atoms with E-state index >= 15 is 0 Å². The van der Waals surface area contributed by atoms with Crippen LogP contribution in [0.5, 0.6) is 0 Å². The van der Waals surface area contributed by atoms with Crippen molar-refractivity contribution in [3.63, 3.8) is 0 Å². The van der Waals surface area contributed by atoms with E-state index in [1.807, 2.05) is 0 Å². The lowest BCUT2D eigenvalue weighted by Crippen LogP contribution is -1.88. The maximum Gasteiger partial charge on any atom is 0.307 e. The van der Waals surface area contributed by atoms with Gasteiger partial charge in [-0.1, -0.05) is 6.58 Å². The van der Waals surface area contributed by atoms with Gasteiger partial charge in [-0.15, -0.1) is 0 Å². The first kappa shape index (κ1) is 5.21. The van der Waals surface area contributed by atoms with Gasteiger partial charge in [-0.2, -0.15) is 0 Å². The van der Waals surface area contributed by atoms with Crippen molar-refractivity contribution in [1.82, 2.24) is 0 Å². The third-order valence-corrected chi connectivity index (χ3v) is 0.276. The van der Waals surface area contributed by atoms with Crippen molar-refractivity contribution in [1.29, 1.82) is 0 Å². The summed E-state index contributed by atoms with van der Waals surface area (Å²) in [6, 6.07) is 0. The quantitative estimate of drug-likeness (QED) is 0.528. The van der Waals surface area contributed by atoms with Crippen molar-refractivity contribution < 1.29 is 9.90 Å². The summed E-state index contributed by atoms with van der Waals surface area (Å²) in [6.07, 6.45) is 2.15. The average Bonchev–Trinajstić information content (AvgIpc) is 1.35. The highest BCUT2D eigenvalue weighted by molar-refractivity contribution is 5.67. The van der Waals surface area contributed by atoms with Gasteiger partial charge in [0.1, 0.15) is 0 Å². The Hall–Kier alpha value is -0.790. The summed E-state index contributed by atoms with van der Waals surface area (Å²) in [5.74, 6) is -0.884. The van der Waals surface area contributed by atoms with Gasteiger partial charge in [-0.25, -0.2) is 0 Å². The molecule has 0 aromatic heterocycles. The van der Waals surface area contributed by atoms with Crippen LogP contribution in [0.25, 0.3) is 0 Å². The van der Waals surface area contributed by atoms with Gasteiger partial charge >= 0.3 is 5.97 Å². The smallest absolute Gasteiger partial charge is 0.307 e. The molecule has 0 amide bonds. The maximum atomic E-state index is 9.50. The van der Waals surface area contributed by atoms with Crippen molar-refractivity contribution in [2.75, 3.05) is 0 Å². The minimum Gasteiger partial charge on any atom is -0.481 e. The van der Waals surface area contributed by atoms with Crippen LogP contribution in [-0.4, -0.2) is 11.1 Å². The van der Waals surface area contributed by atoms with Crippen molar-refractivity contribution in [2.24, 2.45) is 0 Å². The lowest BCUT2D eigenvalue weighted by atomic mass is 10.4. The Bertz CT molecular complexity index is 65.9. The van der Waals surface area contributed by atoms with Gasteiger partial charge in [-0.05, 0) is 6.08 Å². The summed E-state index contributed by atoms with van der Waals surface area (Å²) in [4.78, 5) is 9.50. The molecule has 0 aliphatic rings. The van der Waals surface area contributed by atoms with Gasteiger partial charge in [0, 0.05) is 0 Å². The van der Waals surface area contributed by atoms with Crippen LogP contribution in [0.1, 0.15) is 6.42 Å². The highest BCUT2D eigenvalue weighted by Gasteiger charge is 1.84. The van der Waals surface area contributed by atoms with Crippen LogP contribution in [0.4, 0.5) is 0 Å². The van der Waals surface area contributed by atoms with Crippen molar-refractivity contribution >= 4 is 5.97 Å². The van der Waals surface area contributed by atoms with Crippen LogP contribution in [0.2, 0.25) is 0 Å². The molecule has 0 heterocycles. The van der Waals surface area contributed by atoms with Gasteiger partial charge < -0.3 is 5.11 Å². The standard InChI is InChI=1S/C4H5O2/c1-2-3-4(5)6/h1,3H2,(H,5,6). The lowest BCUT2D eigenvalue weighted by Gasteiger charge is -1.74. The number of hydrogen-bond donors (Lipinski definition) is 1. The summed E-state index contributed by atoms with van der Waals surface area (Å²) in [7, 11) is 0. The van der Waals surface area contributed by atoms with Crippen molar-refractivity contribution in [2.45, 2.75) is 6.42 Å². The minimum atomic E-state index is -0.884. The Kier molecular flexibility index (Phi) is 2.13. The third kappa shape index (κ3) is 3.21. The fourth-order valence-corrected chi connectivity index (χ4v) is 0.107. The molecule has 0 saturated heterocycles. The highest BCUT2D eigenvalue weighted by Crippen LogP contribution is 1.72. The summed E-state index contributed by atoms with van der Waals surface area (Å²) in [6.45, 7) is 3.10. The van der Waals surface area contributed by atoms with Crippen LogP contribution < -0.4 is 0 Å². The second kappa shape index (κ2) is 2.45. The Morgan fingerprint density at radius 3 is 2.50 bits per heavy atom. The van der Waals surface area contributed by atoms with Crippen LogP contribution >= 0.6 is 0 Å². The van der Waals surface area contributed by atoms with E-state index in [0.29, 0.717) is 0 Å². The van der Waals surface area contributed by atoms with E-state index in [2.05, 4.69) is 12.7 Å². The molecule has 6 heavy (non-hydrogen) atoms. The van der Waals surface area contributed by atoms with Gasteiger partial charge in [-0.3, -0.25) is 4.79 Å². The second-order valence-electron chi connectivity index (χ2n) is 0.821. The van der Waals surface area contributed by atoms with Gasteiger partial charge in [0.15, 0.2) is 0 Å². The van der Waals surface area contributed by atoms with Crippen molar-refractivity contribution in [3.8, 4) is 0 Å². The molecule has 0 bridgehead atoms. The number of rotatable bonds is 2. The molecule has 0 aromatic carbocycles. The zero-order valence-electron chi connectivity index (χ0n) is 3.27. The fourth-order valence-electron chi connectivity index (χ4n) is 0.107. The fraction of sp³-hybridized carbons (Fsp3) is 0.250. The van der Waals surface area contributed by atoms with E-state index in [9.17, 15) is 4.79 Å². The molecule has 2 heteroatoms. The normalized spacial score (nSPS) is 7.33. The molecule has 0 aliphatic carbocycles. The first-order valence-corrected chi connectivity index (χ1v) is 1.49. The molecule has 0 atom stereocenters. The van der Waals surface area contributed by atoms with E-state index in [1.54, 1.807) is 0 Å². The second-order valence-corrected chi connectivity index (χ2v) is 0.821. The van der Waals surface area contributed by atoms with E-state index in [0.717, 1.165) is 0 Å². The first-order chi connectivity index (χ1) is 2.77. The molecule has 1 radical (unpaired) electrons. The van der Waals surface area contributed by atoms with E-state index in [1.165, 1.54) is 0 Å². The summed E-state index contributed by atoms with van der Waals surface area (Å²) >= 11 is 0. The van der Waals surface area contributed by atoms with Crippen LogP contribution in [0.15, 0.2) is 6.58 Å². The number of carboxylic acids is 1. The van der Waals surface area contributed by atoms with Gasteiger partial charge in [0.05, 0.1) is 6.42 Å². The predicted molar refractivity (Wildman–Crippen MR) is 21.1 cm³/mol. The average molecular weight is 85.1 g/mol. The molecule has 0 spiro atoms. The summed E-state index contributed by atoms with van der Waals surface area (Å²) < 4.78 is 0. The van der Waals surface area contributed by atoms with Crippen LogP contribution in [0.3, 0.4) is 0 Å². The van der Waals surface area contributed by atoms with E-state index in [4.69, 9.17) is 5.11 Å². The molecule has 2 nitrogen and oxygen atoms in total. The summed E-state index contributed by atoms with van der Waals surface area (Å²) in [5.41, 5.74) is 0. The number of carboxylic acid groups (broad SMARTS) is 1. The molecular weight excluding hydrogens is 80.0 g/mol. The zero-order valence-corrected chi connectivity index (χ0v) is 3.27. The largest absolute Gasteiger partial charge is 0.481 e. The molecule has 33 valence electrons. The predicted octanol–water partition coefficient (Wildman–Crippen LogP) is 0.450. The zero-order chi connectivity index (χ0) is 4.99. The molecule has 0 unspecified atom stereocenters. The Morgan fingerprint density at radius 2 is 2.50 bits per heavy atom. The molecule has 0 fully saturated rings. The number of hydrogen-bond acceptors (Lipinski definition) is 1. The lowest BCUT2D eigenvalue weighted by molar-refractivity contribution is -0.136. The number of aliphatic carboxylic acids is 1. The maximum absolute atomic E-state index is 9.50. The SMILES string of the molecule is C=[C]CC(=O)O. The molecule has 0 aromatic rings. The topological polar surface area (TPSA) is 37.3 Å².